The van der Waals surface area contributed by atoms with Gasteiger partial charge in [-0.25, -0.2) is 0 Å². The van der Waals surface area contributed by atoms with Crippen LogP contribution >= 0.6 is 0 Å². The van der Waals surface area contributed by atoms with Crippen LogP contribution in [0.3, 0.4) is 0 Å². The summed E-state index contributed by atoms with van der Waals surface area (Å²) in [6, 6.07) is 4.72. The maximum atomic E-state index is 11.7. The molecular weight excluding hydrogens is 244 g/mol. The van der Waals surface area contributed by atoms with E-state index in [0.717, 1.165) is 0 Å². The number of phenols is 1. The molecule has 1 aliphatic carbocycles. The van der Waals surface area contributed by atoms with Gasteiger partial charge in [0.25, 0.3) is 0 Å². The van der Waals surface area contributed by atoms with Gasteiger partial charge >= 0.3 is 0 Å². The molecule has 4 nitrogen and oxygen atoms in total. The summed E-state index contributed by atoms with van der Waals surface area (Å²) in [7, 11) is 0. The number of hydrogen-bond donors (Lipinski definition) is 2. The highest BCUT2D eigenvalue weighted by molar-refractivity contribution is 6.02. The number of ether oxygens (including phenoxy) is 1. The quantitative estimate of drug-likeness (QED) is 0.749. The Bertz CT molecular complexity index is 600. The summed E-state index contributed by atoms with van der Waals surface area (Å²) in [6.45, 7) is 3.62. The molecule has 1 aliphatic heterocycles. The average Bonchev–Trinajstić information content (AvgIpc) is 2.33. The highest BCUT2D eigenvalue weighted by Gasteiger charge is 2.54. The highest BCUT2D eigenvalue weighted by Crippen LogP contribution is 2.51. The second-order valence-corrected chi connectivity index (χ2v) is 5.68. The number of allylic oxidation sites excluding steroid dienone is 1. The van der Waals surface area contributed by atoms with Gasteiger partial charge in [-0.3, -0.25) is 4.79 Å². The summed E-state index contributed by atoms with van der Waals surface area (Å²) in [5, 5.41) is 20.6. The lowest BCUT2D eigenvalue weighted by atomic mass is 9.68. The van der Waals surface area contributed by atoms with Crippen LogP contribution in [0.25, 0.3) is 5.57 Å². The molecule has 2 aliphatic rings. The second kappa shape index (κ2) is 3.61. The number of carbonyl (C=O) groups excluding carboxylic acids is 1. The van der Waals surface area contributed by atoms with E-state index in [9.17, 15) is 15.0 Å². The van der Waals surface area contributed by atoms with E-state index >= 15 is 0 Å². The fraction of sp³-hybridized carbons (Fsp3) is 0.400. The molecule has 1 atom stereocenters. The predicted octanol–water partition coefficient (Wildman–Crippen LogP) is 2.04. The van der Waals surface area contributed by atoms with Gasteiger partial charge in [0.2, 0.25) is 0 Å². The van der Waals surface area contributed by atoms with Crippen LogP contribution in [0.1, 0.15) is 32.3 Å². The highest BCUT2D eigenvalue weighted by atomic mass is 16.5. The van der Waals surface area contributed by atoms with Gasteiger partial charge in [-0.1, -0.05) is 0 Å². The zero-order valence-electron chi connectivity index (χ0n) is 10.9. The van der Waals surface area contributed by atoms with Gasteiger partial charge in [0.1, 0.15) is 22.7 Å². The first-order chi connectivity index (χ1) is 8.83. The first-order valence-electron chi connectivity index (χ1n) is 6.33. The minimum atomic E-state index is -1.21. The molecular formula is C15H16O4. The van der Waals surface area contributed by atoms with Gasteiger partial charge in [0.05, 0.1) is 0 Å². The van der Waals surface area contributed by atoms with Gasteiger partial charge in [0, 0.05) is 17.6 Å². The first-order valence-corrected chi connectivity index (χ1v) is 6.33. The lowest BCUT2D eigenvalue weighted by Gasteiger charge is -2.49. The fourth-order valence-electron chi connectivity index (χ4n) is 2.89. The van der Waals surface area contributed by atoms with Crippen LogP contribution in [0.4, 0.5) is 0 Å². The first kappa shape index (κ1) is 12.2. The number of fused-ring (bicyclic) bond motifs is 3. The maximum Gasteiger partial charge on any atom is 0.156 e. The van der Waals surface area contributed by atoms with Crippen LogP contribution in [0.5, 0.6) is 11.5 Å². The van der Waals surface area contributed by atoms with Crippen LogP contribution < -0.4 is 4.74 Å². The number of hydrogen-bond acceptors (Lipinski definition) is 4. The van der Waals surface area contributed by atoms with Gasteiger partial charge < -0.3 is 14.9 Å². The number of aromatic hydroxyl groups is 1. The molecule has 1 aromatic carbocycles. The van der Waals surface area contributed by atoms with Crippen molar-refractivity contribution in [2.45, 2.75) is 37.9 Å². The van der Waals surface area contributed by atoms with E-state index in [1.54, 1.807) is 6.07 Å². The van der Waals surface area contributed by atoms with E-state index in [1.165, 1.54) is 18.2 Å². The number of carbonyl (C=O) groups is 1. The van der Waals surface area contributed by atoms with Crippen LogP contribution in [0.2, 0.25) is 0 Å². The average molecular weight is 260 g/mol. The van der Waals surface area contributed by atoms with E-state index in [-0.39, 0.29) is 11.5 Å². The standard InChI is InChI=1S/C15H16O4/c1-14(2)15(18)6-5-10(17)8-12(15)11-7-9(16)3-4-13(11)19-14/h3-4,7-8,16,18H,5-6H2,1-2H3. The van der Waals surface area contributed by atoms with Gasteiger partial charge in [-0.05, 0) is 44.5 Å². The largest absolute Gasteiger partial charge is 0.508 e. The van der Waals surface area contributed by atoms with Crippen molar-refractivity contribution in [2.75, 3.05) is 0 Å². The zero-order valence-corrected chi connectivity index (χ0v) is 10.9. The summed E-state index contributed by atoms with van der Waals surface area (Å²) in [5.74, 6) is 0.656. The van der Waals surface area contributed by atoms with Crippen molar-refractivity contribution in [2.24, 2.45) is 0 Å². The molecule has 3 rings (SSSR count). The summed E-state index contributed by atoms with van der Waals surface area (Å²) in [5.41, 5.74) is -0.883. The summed E-state index contributed by atoms with van der Waals surface area (Å²) in [6.07, 6.45) is 2.12. The Morgan fingerprint density at radius 2 is 2.05 bits per heavy atom. The van der Waals surface area contributed by atoms with Crippen molar-refractivity contribution >= 4 is 11.4 Å². The zero-order chi connectivity index (χ0) is 13.8. The molecule has 0 bridgehead atoms. The molecule has 100 valence electrons. The van der Waals surface area contributed by atoms with Crippen molar-refractivity contribution in [3.63, 3.8) is 0 Å². The Labute approximate surface area is 111 Å². The lowest BCUT2D eigenvalue weighted by molar-refractivity contribution is -0.121. The Balaban J connectivity index is 2.29. The molecule has 19 heavy (non-hydrogen) atoms. The van der Waals surface area contributed by atoms with Crippen molar-refractivity contribution < 1.29 is 19.7 Å². The third-order valence-electron chi connectivity index (χ3n) is 4.10. The molecule has 1 aromatic rings. The summed E-state index contributed by atoms with van der Waals surface area (Å²) >= 11 is 0. The Kier molecular flexibility index (Phi) is 2.32. The lowest BCUT2D eigenvalue weighted by Crippen LogP contribution is -2.58. The smallest absolute Gasteiger partial charge is 0.156 e. The third kappa shape index (κ3) is 1.60. The summed E-state index contributed by atoms with van der Waals surface area (Å²) < 4.78 is 5.87. The number of benzene rings is 1. The van der Waals surface area contributed by atoms with E-state index in [1.807, 2.05) is 13.8 Å². The van der Waals surface area contributed by atoms with E-state index in [4.69, 9.17) is 4.74 Å². The molecule has 1 unspecified atom stereocenters. The predicted molar refractivity (Wildman–Crippen MR) is 70.0 cm³/mol. The van der Waals surface area contributed by atoms with Crippen molar-refractivity contribution in [3.05, 3.63) is 29.8 Å². The minimum Gasteiger partial charge on any atom is -0.508 e. The van der Waals surface area contributed by atoms with E-state index in [2.05, 4.69) is 0 Å². The van der Waals surface area contributed by atoms with Gasteiger partial charge in [-0.15, -0.1) is 0 Å². The number of ketones is 1. The molecule has 0 aromatic heterocycles. The van der Waals surface area contributed by atoms with Crippen LogP contribution in [0, 0.1) is 0 Å². The maximum absolute atomic E-state index is 11.7. The van der Waals surface area contributed by atoms with Crippen molar-refractivity contribution in [1.29, 1.82) is 0 Å². The monoisotopic (exact) mass is 260 g/mol. The Morgan fingerprint density at radius 1 is 1.32 bits per heavy atom. The van der Waals surface area contributed by atoms with Gasteiger partial charge in [0.15, 0.2) is 5.78 Å². The SMILES string of the molecule is CC1(C)Oc2ccc(O)cc2C2=CC(=O)CCC21O. The van der Waals surface area contributed by atoms with Crippen molar-refractivity contribution in [3.8, 4) is 11.5 Å². The molecule has 0 fully saturated rings. The molecule has 1 heterocycles. The minimum absolute atomic E-state index is 0.00771. The Morgan fingerprint density at radius 3 is 2.79 bits per heavy atom. The molecule has 2 N–H and O–H groups in total. The third-order valence-corrected chi connectivity index (χ3v) is 4.10. The van der Waals surface area contributed by atoms with Crippen LogP contribution in [0.15, 0.2) is 24.3 Å². The number of phenolic OH excluding ortho intramolecular Hbond substituents is 1. The Hall–Kier alpha value is -1.81. The van der Waals surface area contributed by atoms with Crippen LogP contribution in [-0.4, -0.2) is 27.2 Å². The van der Waals surface area contributed by atoms with Gasteiger partial charge in [-0.2, -0.15) is 0 Å². The molecule has 0 amide bonds. The fourth-order valence-corrected chi connectivity index (χ4v) is 2.89. The molecule has 4 heteroatoms. The van der Waals surface area contributed by atoms with E-state index < -0.39 is 11.2 Å². The molecule has 0 spiro atoms. The molecule has 0 saturated carbocycles. The number of aliphatic hydroxyl groups is 1. The summed E-state index contributed by atoms with van der Waals surface area (Å²) in [4.78, 5) is 11.7. The van der Waals surface area contributed by atoms with Crippen molar-refractivity contribution in [1.82, 2.24) is 0 Å². The second-order valence-electron chi connectivity index (χ2n) is 5.68. The normalized spacial score (nSPS) is 27.9. The number of rotatable bonds is 0. The molecule has 0 radical (unpaired) electrons. The topological polar surface area (TPSA) is 66.8 Å². The van der Waals surface area contributed by atoms with Crippen LogP contribution in [-0.2, 0) is 4.79 Å². The molecule has 0 saturated heterocycles. The van der Waals surface area contributed by atoms with E-state index in [0.29, 0.717) is 29.7 Å².